The lowest BCUT2D eigenvalue weighted by Crippen LogP contribution is -2.42. The molecule has 0 aromatic heterocycles. The molecule has 2 amide bonds. The van der Waals surface area contributed by atoms with Gasteiger partial charge in [-0.25, -0.2) is 0 Å². The fraction of sp³-hybridized carbons (Fsp3) is 0.833. The van der Waals surface area contributed by atoms with Crippen LogP contribution in [0.5, 0.6) is 0 Å². The van der Waals surface area contributed by atoms with Gasteiger partial charge in [-0.15, -0.1) is 0 Å². The van der Waals surface area contributed by atoms with E-state index in [0.29, 0.717) is 6.42 Å². The van der Waals surface area contributed by atoms with Crippen molar-refractivity contribution in [1.82, 2.24) is 15.1 Å². The van der Waals surface area contributed by atoms with Crippen LogP contribution in [0.4, 0.5) is 0 Å². The van der Waals surface area contributed by atoms with Gasteiger partial charge in [0, 0.05) is 20.1 Å². The molecule has 0 aromatic carbocycles. The molecule has 0 aliphatic carbocycles. The Bertz CT molecular complexity index is 300. The standard InChI is InChI=1S/C12H21N3O2/c1-14-11(16)9-10(12(14)17)13-5-8-15-6-3-2-4-7-15/h10,13H,2-9H2,1H3. The van der Waals surface area contributed by atoms with Crippen molar-refractivity contribution >= 4 is 11.8 Å². The molecular formula is C12H21N3O2. The van der Waals surface area contributed by atoms with E-state index in [-0.39, 0.29) is 17.9 Å². The van der Waals surface area contributed by atoms with Crippen LogP contribution in [0.3, 0.4) is 0 Å². The number of imide groups is 1. The summed E-state index contributed by atoms with van der Waals surface area (Å²) in [4.78, 5) is 26.6. The quantitative estimate of drug-likeness (QED) is 0.691. The second-order valence-corrected chi connectivity index (χ2v) is 4.90. The number of nitrogens with one attached hydrogen (secondary N) is 1. The summed E-state index contributed by atoms with van der Waals surface area (Å²) in [5, 5.41) is 3.19. The van der Waals surface area contributed by atoms with Gasteiger partial charge in [-0.3, -0.25) is 14.5 Å². The van der Waals surface area contributed by atoms with Crippen LogP contribution >= 0.6 is 0 Å². The van der Waals surface area contributed by atoms with Gasteiger partial charge < -0.3 is 10.2 Å². The molecule has 0 aromatic rings. The number of piperidine rings is 1. The molecule has 2 aliphatic rings. The average Bonchev–Trinajstić information content (AvgIpc) is 2.59. The first-order valence-corrected chi connectivity index (χ1v) is 6.44. The van der Waals surface area contributed by atoms with Crippen LogP contribution in [0, 0.1) is 0 Å². The highest BCUT2D eigenvalue weighted by molar-refractivity contribution is 6.05. The Labute approximate surface area is 102 Å². The number of carbonyl (C=O) groups is 2. The van der Waals surface area contributed by atoms with E-state index in [1.807, 2.05) is 0 Å². The Balaban J connectivity index is 1.68. The SMILES string of the molecule is CN1C(=O)CC(NCCN2CCCCC2)C1=O. The Morgan fingerprint density at radius 1 is 1.24 bits per heavy atom. The molecule has 0 bridgehead atoms. The Morgan fingerprint density at radius 3 is 2.53 bits per heavy atom. The zero-order chi connectivity index (χ0) is 12.3. The molecule has 2 saturated heterocycles. The van der Waals surface area contributed by atoms with Gasteiger partial charge in [0.2, 0.25) is 11.8 Å². The lowest BCUT2D eigenvalue weighted by molar-refractivity contribution is -0.137. The van der Waals surface area contributed by atoms with E-state index in [0.717, 1.165) is 13.1 Å². The second kappa shape index (κ2) is 5.60. The third-order valence-electron chi connectivity index (χ3n) is 3.65. The first-order valence-electron chi connectivity index (χ1n) is 6.44. The van der Waals surface area contributed by atoms with E-state index in [4.69, 9.17) is 0 Å². The van der Waals surface area contributed by atoms with Crippen LogP contribution < -0.4 is 5.32 Å². The predicted molar refractivity (Wildman–Crippen MR) is 64.5 cm³/mol. The molecule has 2 aliphatic heterocycles. The van der Waals surface area contributed by atoms with Gasteiger partial charge in [-0.1, -0.05) is 6.42 Å². The molecule has 1 unspecified atom stereocenters. The monoisotopic (exact) mass is 239 g/mol. The maximum absolute atomic E-state index is 11.6. The third-order valence-corrected chi connectivity index (χ3v) is 3.65. The number of rotatable bonds is 4. The Morgan fingerprint density at radius 2 is 1.94 bits per heavy atom. The van der Waals surface area contributed by atoms with E-state index in [9.17, 15) is 9.59 Å². The van der Waals surface area contributed by atoms with Crippen molar-refractivity contribution in [3.63, 3.8) is 0 Å². The van der Waals surface area contributed by atoms with Crippen molar-refractivity contribution in [2.75, 3.05) is 33.2 Å². The van der Waals surface area contributed by atoms with Crippen LogP contribution in [0.2, 0.25) is 0 Å². The minimum absolute atomic E-state index is 0.0783. The molecule has 17 heavy (non-hydrogen) atoms. The Kier molecular flexibility index (Phi) is 4.12. The average molecular weight is 239 g/mol. The molecule has 2 rings (SSSR count). The molecule has 0 spiro atoms. The van der Waals surface area contributed by atoms with Crippen molar-refractivity contribution in [1.29, 1.82) is 0 Å². The first kappa shape index (κ1) is 12.5. The highest BCUT2D eigenvalue weighted by Crippen LogP contribution is 2.11. The van der Waals surface area contributed by atoms with Gasteiger partial charge in [-0.05, 0) is 25.9 Å². The molecule has 1 atom stereocenters. The van der Waals surface area contributed by atoms with E-state index in [1.54, 1.807) is 7.05 Å². The normalized spacial score (nSPS) is 26.9. The number of likely N-dealkylation sites (N-methyl/N-ethyl adjacent to an activating group) is 1. The molecule has 5 heteroatoms. The second-order valence-electron chi connectivity index (χ2n) is 4.90. The summed E-state index contributed by atoms with van der Waals surface area (Å²) in [5.74, 6) is -0.167. The van der Waals surface area contributed by atoms with Crippen LogP contribution in [0.15, 0.2) is 0 Å². The van der Waals surface area contributed by atoms with E-state index in [2.05, 4.69) is 10.2 Å². The van der Waals surface area contributed by atoms with Crippen molar-refractivity contribution in [2.24, 2.45) is 0 Å². The maximum Gasteiger partial charge on any atom is 0.246 e. The zero-order valence-corrected chi connectivity index (χ0v) is 10.4. The number of likely N-dealkylation sites (tertiary alicyclic amines) is 2. The maximum atomic E-state index is 11.6. The van der Waals surface area contributed by atoms with Gasteiger partial charge in [-0.2, -0.15) is 0 Å². The van der Waals surface area contributed by atoms with Gasteiger partial charge in [0.05, 0.1) is 12.5 Å². The molecule has 1 N–H and O–H groups in total. The molecular weight excluding hydrogens is 218 g/mol. The molecule has 2 fully saturated rings. The number of amides is 2. The third kappa shape index (κ3) is 3.04. The number of hydrogen-bond acceptors (Lipinski definition) is 4. The lowest BCUT2D eigenvalue weighted by atomic mass is 10.1. The summed E-state index contributed by atoms with van der Waals surface area (Å²) in [6, 6.07) is -0.294. The number of nitrogens with zero attached hydrogens (tertiary/aromatic N) is 2. The van der Waals surface area contributed by atoms with E-state index in [1.165, 1.54) is 37.3 Å². The summed E-state index contributed by atoms with van der Waals surface area (Å²) in [6.45, 7) is 4.09. The molecule has 5 nitrogen and oxygen atoms in total. The summed E-state index contributed by atoms with van der Waals surface area (Å²) < 4.78 is 0. The molecule has 2 heterocycles. The van der Waals surface area contributed by atoms with Crippen molar-refractivity contribution in [3.8, 4) is 0 Å². The predicted octanol–water partition coefficient (Wildman–Crippen LogP) is -0.181. The largest absolute Gasteiger partial charge is 0.304 e. The summed E-state index contributed by atoms with van der Waals surface area (Å²) in [6.07, 6.45) is 4.22. The first-order chi connectivity index (χ1) is 8.18. The van der Waals surface area contributed by atoms with Crippen molar-refractivity contribution < 1.29 is 9.59 Å². The van der Waals surface area contributed by atoms with Gasteiger partial charge in [0.25, 0.3) is 0 Å². The smallest absolute Gasteiger partial charge is 0.246 e. The summed E-state index contributed by atoms with van der Waals surface area (Å²) in [7, 11) is 1.55. The van der Waals surface area contributed by atoms with Gasteiger partial charge in [0.1, 0.15) is 0 Å². The van der Waals surface area contributed by atoms with Crippen LogP contribution in [-0.4, -0.2) is 60.9 Å². The Hall–Kier alpha value is -0.940. The zero-order valence-electron chi connectivity index (χ0n) is 10.4. The fourth-order valence-corrected chi connectivity index (χ4v) is 2.49. The summed E-state index contributed by atoms with van der Waals surface area (Å²) in [5.41, 5.74) is 0. The van der Waals surface area contributed by atoms with Crippen LogP contribution in [0.25, 0.3) is 0 Å². The summed E-state index contributed by atoms with van der Waals surface area (Å²) >= 11 is 0. The minimum Gasteiger partial charge on any atom is -0.304 e. The number of hydrogen-bond donors (Lipinski definition) is 1. The molecule has 0 radical (unpaired) electrons. The fourth-order valence-electron chi connectivity index (χ4n) is 2.49. The van der Waals surface area contributed by atoms with Crippen molar-refractivity contribution in [2.45, 2.75) is 31.7 Å². The van der Waals surface area contributed by atoms with Crippen LogP contribution in [-0.2, 0) is 9.59 Å². The minimum atomic E-state index is -0.294. The molecule has 96 valence electrons. The van der Waals surface area contributed by atoms with Gasteiger partial charge in [0.15, 0.2) is 0 Å². The molecule has 0 saturated carbocycles. The van der Waals surface area contributed by atoms with E-state index < -0.39 is 0 Å². The number of carbonyl (C=O) groups excluding carboxylic acids is 2. The van der Waals surface area contributed by atoms with Gasteiger partial charge >= 0.3 is 0 Å². The van der Waals surface area contributed by atoms with Crippen molar-refractivity contribution in [3.05, 3.63) is 0 Å². The highest BCUT2D eigenvalue weighted by atomic mass is 16.2. The van der Waals surface area contributed by atoms with Crippen LogP contribution in [0.1, 0.15) is 25.7 Å². The lowest BCUT2D eigenvalue weighted by Gasteiger charge is -2.26. The topological polar surface area (TPSA) is 52.7 Å². The highest BCUT2D eigenvalue weighted by Gasteiger charge is 2.35. The van der Waals surface area contributed by atoms with E-state index >= 15 is 0 Å².